The summed E-state index contributed by atoms with van der Waals surface area (Å²) in [7, 11) is 0. The first-order chi connectivity index (χ1) is 9.28. The molecular weight excluding hydrogens is 300 g/mol. The summed E-state index contributed by atoms with van der Waals surface area (Å²) in [5.74, 6) is 1.92. The lowest BCUT2D eigenvalue weighted by Crippen LogP contribution is -2.37. The molecule has 3 heteroatoms. The molecule has 1 aromatic heterocycles. The molecule has 1 aliphatic rings. The van der Waals surface area contributed by atoms with Gasteiger partial charge in [0, 0.05) is 23.8 Å². The summed E-state index contributed by atoms with van der Waals surface area (Å²) in [4.78, 5) is 7.33. The molecule has 0 radical (unpaired) electrons. The smallest absolute Gasteiger partial charge is 0.132 e. The molecule has 2 aromatic rings. The molecule has 1 saturated heterocycles. The molecule has 0 N–H and O–H groups in total. The van der Waals surface area contributed by atoms with Crippen molar-refractivity contribution in [2.75, 3.05) is 23.3 Å². The van der Waals surface area contributed by atoms with E-state index in [-0.39, 0.29) is 0 Å². The van der Waals surface area contributed by atoms with Crippen molar-refractivity contribution in [3.8, 4) is 0 Å². The highest BCUT2D eigenvalue weighted by molar-refractivity contribution is 9.09. The summed E-state index contributed by atoms with van der Waals surface area (Å²) in [5.41, 5.74) is 2.39. The maximum atomic E-state index is 4.88. The van der Waals surface area contributed by atoms with Gasteiger partial charge in [-0.3, -0.25) is 0 Å². The summed E-state index contributed by atoms with van der Waals surface area (Å²) < 4.78 is 0. The van der Waals surface area contributed by atoms with Gasteiger partial charge in [-0.05, 0) is 43.4 Å². The molecule has 3 rings (SSSR count). The summed E-state index contributed by atoms with van der Waals surface area (Å²) >= 11 is 3.62. The van der Waals surface area contributed by atoms with Crippen molar-refractivity contribution >= 4 is 32.7 Å². The Hall–Kier alpha value is -1.09. The van der Waals surface area contributed by atoms with Gasteiger partial charge in [-0.15, -0.1) is 0 Å². The second-order valence-electron chi connectivity index (χ2n) is 5.43. The summed E-state index contributed by atoms with van der Waals surface area (Å²) in [5, 5.41) is 2.33. The van der Waals surface area contributed by atoms with E-state index in [0.29, 0.717) is 0 Å². The Bertz CT molecular complexity index is 582. The van der Waals surface area contributed by atoms with Gasteiger partial charge in [0.25, 0.3) is 0 Å². The average Bonchev–Trinajstić information content (AvgIpc) is 2.46. The number of hydrogen-bond acceptors (Lipinski definition) is 2. The molecule has 1 atom stereocenters. The topological polar surface area (TPSA) is 16.1 Å². The number of fused-ring (bicyclic) bond motifs is 1. The Labute approximate surface area is 123 Å². The molecule has 0 spiro atoms. The number of piperidine rings is 1. The Balaban J connectivity index is 1.97. The Kier molecular flexibility index (Phi) is 3.74. The van der Waals surface area contributed by atoms with Gasteiger partial charge >= 0.3 is 0 Å². The van der Waals surface area contributed by atoms with Gasteiger partial charge in [-0.25, -0.2) is 4.98 Å². The SMILES string of the molecule is Cc1cc2ccccc2nc1N1CCCC(CBr)C1. The molecule has 19 heavy (non-hydrogen) atoms. The molecule has 0 amide bonds. The number of hydrogen-bond donors (Lipinski definition) is 0. The lowest BCUT2D eigenvalue weighted by atomic mass is 10.00. The fourth-order valence-electron chi connectivity index (χ4n) is 2.91. The van der Waals surface area contributed by atoms with E-state index >= 15 is 0 Å². The molecule has 1 aliphatic heterocycles. The van der Waals surface area contributed by atoms with Crippen LogP contribution in [0.3, 0.4) is 0 Å². The van der Waals surface area contributed by atoms with Crippen LogP contribution >= 0.6 is 15.9 Å². The van der Waals surface area contributed by atoms with Crippen LogP contribution in [0.2, 0.25) is 0 Å². The van der Waals surface area contributed by atoms with Crippen LogP contribution in [0.1, 0.15) is 18.4 Å². The van der Waals surface area contributed by atoms with Crippen molar-refractivity contribution in [2.45, 2.75) is 19.8 Å². The van der Waals surface area contributed by atoms with Gasteiger partial charge in [0.1, 0.15) is 5.82 Å². The normalized spacial score (nSPS) is 19.9. The average molecular weight is 319 g/mol. The van der Waals surface area contributed by atoms with E-state index in [1.54, 1.807) is 0 Å². The number of para-hydroxylation sites is 1. The van der Waals surface area contributed by atoms with Crippen molar-refractivity contribution in [1.29, 1.82) is 0 Å². The number of rotatable bonds is 2. The zero-order valence-electron chi connectivity index (χ0n) is 11.3. The molecule has 2 heterocycles. The van der Waals surface area contributed by atoms with Gasteiger partial charge in [0.05, 0.1) is 5.52 Å². The minimum atomic E-state index is 0.751. The molecule has 100 valence electrons. The van der Waals surface area contributed by atoms with E-state index in [9.17, 15) is 0 Å². The van der Waals surface area contributed by atoms with Gasteiger partial charge < -0.3 is 4.90 Å². The summed E-state index contributed by atoms with van der Waals surface area (Å²) in [6.07, 6.45) is 2.60. The van der Waals surface area contributed by atoms with Gasteiger partial charge in [0.2, 0.25) is 0 Å². The fourth-order valence-corrected chi connectivity index (χ4v) is 3.44. The third kappa shape index (κ3) is 2.62. The van der Waals surface area contributed by atoms with E-state index in [1.807, 2.05) is 0 Å². The van der Waals surface area contributed by atoms with Crippen LogP contribution in [-0.4, -0.2) is 23.4 Å². The number of aromatic nitrogens is 1. The molecule has 0 bridgehead atoms. The summed E-state index contributed by atoms with van der Waals surface area (Å²) in [6.45, 7) is 4.43. The third-order valence-electron chi connectivity index (χ3n) is 3.92. The molecule has 1 unspecified atom stereocenters. The maximum Gasteiger partial charge on any atom is 0.132 e. The minimum Gasteiger partial charge on any atom is -0.356 e. The largest absolute Gasteiger partial charge is 0.356 e. The monoisotopic (exact) mass is 318 g/mol. The van der Waals surface area contributed by atoms with Crippen LogP contribution in [0, 0.1) is 12.8 Å². The highest BCUT2D eigenvalue weighted by atomic mass is 79.9. The zero-order chi connectivity index (χ0) is 13.2. The first-order valence-corrected chi connectivity index (χ1v) is 8.07. The van der Waals surface area contributed by atoms with E-state index in [4.69, 9.17) is 4.98 Å². The van der Waals surface area contributed by atoms with Gasteiger partial charge in [-0.2, -0.15) is 0 Å². The van der Waals surface area contributed by atoms with E-state index in [2.05, 4.69) is 58.1 Å². The fraction of sp³-hybridized carbons (Fsp3) is 0.438. The number of aryl methyl sites for hydroxylation is 1. The van der Waals surface area contributed by atoms with Crippen LogP contribution in [0.4, 0.5) is 5.82 Å². The zero-order valence-corrected chi connectivity index (χ0v) is 12.9. The number of pyridine rings is 1. The first-order valence-electron chi connectivity index (χ1n) is 6.95. The molecular formula is C16H19BrN2. The molecule has 1 aromatic carbocycles. The Morgan fingerprint density at radius 3 is 3.05 bits per heavy atom. The predicted octanol–water partition coefficient (Wildman–Crippen LogP) is 4.15. The number of nitrogens with zero attached hydrogens (tertiary/aromatic N) is 2. The van der Waals surface area contributed by atoms with Gasteiger partial charge in [-0.1, -0.05) is 34.1 Å². The number of halogens is 1. The van der Waals surface area contributed by atoms with E-state index < -0.39 is 0 Å². The second kappa shape index (κ2) is 5.49. The van der Waals surface area contributed by atoms with Crippen LogP contribution in [0.15, 0.2) is 30.3 Å². The quantitative estimate of drug-likeness (QED) is 0.773. The lowest BCUT2D eigenvalue weighted by Gasteiger charge is -2.33. The van der Waals surface area contributed by atoms with Crippen LogP contribution in [0.5, 0.6) is 0 Å². The van der Waals surface area contributed by atoms with Crippen LogP contribution in [-0.2, 0) is 0 Å². The maximum absolute atomic E-state index is 4.88. The molecule has 2 nitrogen and oxygen atoms in total. The highest BCUT2D eigenvalue weighted by Crippen LogP contribution is 2.27. The Morgan fingerprint density at radius 2 is 2.21 bits per heavy atom. The molecule has 1 fully saturated rings. The van der Waals surface area contributed by atoms with Crippen molar-refractivity contribution in [2.24, 2.45) is 5.92 Å². The van der Waals surface area contributed by atoms with Crippen LogP contribution < -0.4 is 4.90 Å². The van der Waals surface area contributed by atoms with E-state index in [1.165, 1.54) is 29.6 Å². The van der Waals surface area contributed by atoms with Crippen LogP contribution in [0.25, 0.3) is 10.9 Å². The predicted molar refractivity (Wildman–Crippen MR) is 85.2 cm³/mol. The van der Waals surface area contributed by atoms with Crippen molar-refractivity contribution in [1.82, 2.24) is 4.98 Å². The first kappa shape index (κ1) is 12.9. The van der Waals surface area contributed by atoms with Gasteiger partial charge in [0.15, 0.2) is 0 Å². The second-order valence-corrected chi connectivity index (χ2v) is 6.08. The van der Waals surface area contributed by atoms with Crippen molar-refractivity contribution < 1.29 is 0 Å². The number of benzene rings is 1. The van der Waals surface area contributed by atoms with E-state index in [0.717, 1.165) is 29.9 Å². The highest BCUT2D eigenvalue weighted by Gasteiger charge is 2.21. The molecule has 0 saturated carbocycles. The number of anilines is 1. The molecule has 0 aliphatic carbocycles. The standard InChI is InChI=1S/C16H19BrN2/c1-12-9-14-6-2-3-7-15(14)18-16(12)19-8-4-5-13(10-17)11-19/h2-3,6-7,9,13H,4-5,8,10-11H2,1H3. The van der Waals surface area contributed by atoms with Crippen molar-refractivity contribution in [3.63, 3.8) is 0 Å². The number of alkyl halides is 1. The third-order valence-corrected chi connectivity index (χ3v) is 4.84. The summed E-state index contributed by atoms with van der Waals surface area (Å²) in [6, 6.07) is 10.6. The lowest BCUT2D eigenvalue weighted by molar-refractivity contribution is 0.452. The van der Waals surface area contributed by atoms with Crippen molar-refractivity contribution in [3.05, 3.63) is 35.9 Å². The minimum absolute atomic E-state index is 0.751. The Morgan fingerprint density at radius 1 is 1.37 bits per heavy atom.